The average Bonchev–Trinajstić information content (AvgIpc) is 3.10. The summed E-state index contributed by atoms with van der Waals surface area (Å²) < 4.78 is 33.1. The zero-order valence-electron chi connectivity index (χ0n) is 15.6. The van der Waals surface area contributed by atoms with Gasteiger partial charge in [-0.15, -0.1) is 0 Å². The maximum absolute atomic E-state index is 14.2. The number of nitrogens with zero attached hydrogens (tertiary/aromatic N) is 3. The molecule has 4 rings (SSSR count). The number of carbonyl (C=O) groups excluding carboxylic acids is 1. The van der Waals surface area contributed by atoms with Crippen molar-refractivity contribution in [1.82, 2.24) is 19.9 Å². The summed E-state index contributed by atoms with van der Waals surface area (Å²) in [6.07, 6.45) is 2.88. The van der Waals surface area contributed by atoms with Gasteiger partial charge in [0.15, 0.2) is 5.82 Å². The number of nitrogens with one attached hydrogen (secondary N) is 2. The van der Waals surface area contributed by atoms with Crippen LogP contribution in [-0.2, 0) is 16.0 Å². The number of hydrogen-bond acceptors (Lipinski definition) is 7. The summed E-state index contributed by atoms with van der Waals surface area (Å²) in [5, 5.41) is 13.3. The number of benzene rings is 1. The number of fused-ring (bicyclic) bond motifs is 1. The quantitative estimate of drug-likeness (QED) is 0.431. The molecule has 0 spiro atoms. The molecule has 0 bridgehead atoms. The van der Waals surface area contributed by atoms with Gasteiger partial charge in [-0.25, -0.2) is 18.7 Å². The predicted octanol–water partition coefficient (Wildman–Crippen LogP) is 3.46. The van der Waals surface area contributed by atoms with Gasteiger partial charge in [0.2, 0.25) is 5.88 Å². The van der Waals surface area contributed by atoms with Gasteiger partial charge in [0.1, 0.15) is 22.8 Å². The van der Waals surface area contributed by atoms with Crippen molar-refractivity contribution in [3.8, 4) is 17.3 Å². The van der Waals surface area contributed by atoms with E-state index in [4.69, 9.17) is 0 Å². The smallest absolute Gasteiger partial charge is 0.311 e. The fraction of sp³-hybridized carbons (Fsp3) is 0.100. The molecule has 0 fully saturated rings. The molecule has 3 aromatic heterocycles. The normalized spacial score (nSPS) is 10.9. The van der Waals surface area contributed by atoms with Crippen molar-refractivity contribution < 1.29 is 23.4 Å². The molecule has 3 N–H and O–H groups in total. The second-order valence-corrected chi connectivity index (χ2v) is 6.31. The Balaban J connectivity index is 1.75. The Morgan fingerprint density at radius 3 is 2.63 bits per heavy atom. The summed E-state index contributed by atoms with van der Waals surface area (Å²) in [5.41, 5.74) is 0.857. The van der Waals surface area contributed by atoms with Crippen LogP contribution in [0.3, 0.4) is 0 Å². The van der Waals surface area contributed by atoms with E-state index >= 15 is 0 Å². The molecule has 3 heterocycles. The van der Waals surface area contributed by atoms with Crippen LogP contribution in [0.2, 0.25) is 0 Å². The van der Waals surface area contributed by atoms with Gasteiger partial charge in [-0.2, -0.15) is 0 Å². The van der Waals surface area contributed by atoms with E-state index in [-0.39, 0.29) is 40.4 Å². The highest BCUT2D eigenvalue weighted by molar-refractivity contribution is 5.96. The van der Waals surface area contributed by atoms with Crippen molar-refractivity contribution in [2.24, 2.45) is 0 Å². The number of aromatic amines is 1. The number of halogens is 2. The largest absolute Gasteiger partial charge is 0.494 e. The van der Waals surface area contributed by atoms with Gasteiger partial charge >= 0.3 is 5.97 Å². The number of esters is 1. The highest BCUT2D eigenvalue weighted by Gasteiger charge is 2.19. The molecular formula is C20H15F2N5O3. The van der Waals surface area contributed by atoms with E-state index < -0.39 is 17.6 Å². The third-order valence-electron chi connectivity index (χ3n) is 4.35. The Morgan fingerprint density at radius 1 is 1.20 bits per heavy atom. The van der Waals surface area contributed by atoms with Crippen molar-refractivity contribution >= 4 is 28.4 Å². The monoisotopic (exact) mass is 411 g/mol. The highest BCUT2D eigenvalue weighted by Crippen LogP contribution is 2.34. The molecule has 0 aliphatic heterocycles. The molecule has 4 aromatic rings. The molecule has 0 aliphatic rings. The average molecular weight is 411 g/mol. The summed E-state index contributed by atoms with van der Waals surface area (Å²) in [6.45, 7) is 0. The number of anilines is 2. The second kappa shape index (κ2) is 7.74. The molecule has 10 heteroatoms. The molecule has 0 saturated heterocycles. The van der Waals surface area contributed by atoms with Crippen molar-refractivity contribution in [1.29, 1.82) is 0 Å². The Hall–Kier alpha value is -4.08. The van der Waals surface area contributed by atoms with Crippen LogP contribution in [0, 0.1) is 11.6 Å². The first-order valence-corrected chi connectivity index (χ1v) is 8.77. The van der Waals surface area contributed by atoms with E-state index in [1.165, 1.54) is 25.6 Å². The topological polar surface area (TPSA) is 113 Å². The lowest BCUT2D eigenvalue weighted by Crippen LogP contribution is -2.06. The molecule has 0 atom stereocenters. The Kier molecular flexibility index (Phi) is 4.97. The van der Waals surface area contributed by atoms with E-state index in [9.17, 15) is 18.7 Å². The van der Waals surface area contributed by atoms with Crippen LogP contribution >= 0.6 is 0 Å². The third-order valence-corrected chi connectivity index (χ3v) is 4.35. The minimum absolute atomic E-state index is 0.0177. The third kappa shape index (κ3) is 3.62. The van der Waals surface area contributed by atoms with Crippen molar-refractivity contribution in [3.05, 3.63) is 60.1 Å². The summed E-state index contributed by atoms with van der Waals surface area (Å²) in [7, 11) is 1.29. The van der Waals surface area contributed by atoms with Crippen LogP contribution in [0.15, 0.2) is 42.7 Å². The SMILES string of the molecule is COC(=O)Cc1ccc(Nc2nc(-c3c(F)cccc3F)nc3c[nH]c(O)c23)cn1. The standard InChI is InChI=1S/C20H15F2N5O3/c1-30-15(28)7-10-5-6-11(8-23-10)25-19-17-14(9-24-20(17)29)26-18(27-19)16-12(21)3-2-4-13(16)22/h2-6,8-9,24,29H,7H2,1H3,(H,25,26,27). The second-order valence-electron chi connectivity index (χ2n) is 6.31. The lowest BCUT2D eigenvalue weighted by atomic mass is 10.1. The number of aromatic nitrogens is 4. The Labute approximate surface area is 168 Å². The van der Waals surface area contributed by atoms with Gasteiger partial charge in [-0.05, 0) is 24.3 Å². The zero-order chi connectivity index (χ0) is 21.3. The van der Waals surface area contributed by atoms with Crippen LogP contribution in [0.1, 0.15) is 5.69 Å². The summed E-state index contributed by atoms with van der Waals surface area (Å²) in [5.74, 6) is -2.31. The van der Waals surface area contributed by atoms with E-state index in [2.05, 4.69) is 30.0 Å². The van der Waals surface area contributed by atoms with Gasteiger partial charge in [0.25, 0.3) is 0 Å². The number of hydrogen-bond donors (Lipinski definition) is 3. The van der Waals surface area contributed by atoms with Crippen LogP contribution in [0.25, 0.3) is 22.3 Å². The van der Waals surface area contributed by atoms with Gasteiger partial charge in [0.05, 0.1) is 42.2 Å². The lowest BCUT2D eigenvalue weighted by molar-refractivity contribution is -0.139. The Bertz CT molecular complexity index is 1220. The fourth-order valence-electron chi connectivity index (χ4n) is 2.90. The molecule has 30 heavy (non-hydrogen) atoms. The van der Waals surface area contributed by atoms with Crippen molar-refractivity contribution in [2.75, 3.05) is 12.4 Å². The maximum atomic E-state index is 14.2. The minimum Gasteiger partial charge on any atom is -0.494 e. The maximum Gasteiger partial charge on any atom is 0.311 e. The fourth-order valence-corrected chi connectivity index (χ4v) is 2.90. The zero-order valence-corrected chi connectivity index (χ0v) is 15.6. The highest BCUT2D eigenvalue weighted by atomic mass is 19.1. The summed E-state index contributed by atoms with van der Waals surface area (Å²) in [6, 6.07) is 6.73. The minimum atomic E-state index is -0.811. The van der Waals surface area contributed by atoms with E-state index in [1.807, 2.05) is 0 Å². The molecule has 0 amide bonds. The number of pyridine rings is 1. The van der Waals surface area contributed by atoms with Crippen LogP contribution < -0.4 is 5.32 Å². The van der Waals surface area contributed by atoms with Crippen molar-refractivity contribution in [2.45, 2.75) is 6.42 Å². The predicted molar refractivity (Wildman–Crippen MR) is 104 cm³/mol. The van der Waals surface area contributed by atoms with Crippen LogP contribution in [-0.4, -0.2) is 38.1 Å². The number of methoxy groups -OCH3 is 1. The van der Waals surface area contributed by atoms with Gasteiger partial charge < -0.3 is 20.1 Å². The summed E-state index contributed by atoms with van der Waals surface area (Å²) >= 11 is 0. The molecule has 0 unspecified atom stereocenters. The van der Waals surface area contributed by atoms with Crippen LogP contribution in [0.4, 0.5) is 20.3 Å². The molecular weight excluding hydrogens is 396 g/mol. The first kappa shape index (κ1) is 19.2. The summed E-state index contributed by atoms with van der Waals surface area (Å²) in [4.78, 5) is 26.5. The van der Waals surface area contributed by atoms with Crippen LogP contribution in [0.5, 0.6) is 5.88 Å². The number of H-pyrrole nitrogens is 1. The first-order chi connectivity index (χ1) is 14.5. The molecule has 1 aromatic carbocycles. The lowest BCUT2D eigenvalue weighted by Gasteiger charge is -2.10. The van der Waals surface area contributed by atoms with Crippen molar-refractivity contribution in [3.63, 3.8) is 0 Å². The Morgan fingerprint density at radius 2 is 1.97 bits per heavy atom. The first-order valence-electron chi connectivity index (χ1n) is 8.77. The number of aromatic hydroxyl groups is 1. The van der Waals surface area contributed by atoms with Gasteiger partial charge in [-0.1, -0.05) is 6.07 Å². The number of rotatable bonds is 5. The molecule has 0 aliphatic carbocycles. The molecule has 0 radical (unpaired) electrons. The van der Waals surface area contributed by atoms with Gasteiger partial charge in [-0.3, -0.25) is 9.78 Å². The molecule has 8 nitrogen and oxygen atoms in total. The van der Waals surface area contributed by atoms with E-state index in [0.29, 0.717) is 11.4 Å². The molecule has 152 valence electrons. The number of carbonyl (C=O) groups is 1. The van der Waals surface area contributed by atoms with Gasteiger partial charge in [0, 0.05) is 6.20 Å². The molecule has 0 saturated carbocycles. The van der Waals surface area contributed by atoms with E-state index in [0.717, 1.165) is 12.1 Å². The van der Waals surface area contributed by atoms with E-state index in [1.54, 1.807) is 12.1 Å². The number of ether oxygens (including phenoxy) is 1.